The number of rotatable bonds is 4. The number of aromatic carboxylic acids is 1. The van der Waals surface area contributed by atoms with Gasteiger partial charge in [-0.05, 0) is 19.9 Å². The van der Waals surface area contributed by atoms with Gasteiger partial charge in [-0.1, -0.05) is 0 Å². The van der Waals surface area contributed by atoms with Crippen LogP contribution in [0.5, 0.6) is 0 Å². The second kappa shape index (κ2) is 5.55. The summed E-state index contributed by atoms with van der Waals surface area (Å²) in [5.74, 6) is -1.14. The van der Waals surface area contributed by atoms with Crippen molar-refractivity contribution in [1.82, 2.24) is 8.87 Å². The summed E-state index contributed by atoms with van der Waals surface area (Å²) < 4.78 is 33.1. The first-order valence-corrected chi connectivity index (χ1v) is 7.85. The molecule has 0 radical (unpaired) electrons. The molecule has 8 heteroatoms. The van der Waals surface area contributed by atoms with Gasteiger partial charge in [0.2, 0.25) is 10.0 Å². The summed E-state index contributed by atoms with van der Waals surface area (Å²) in [5.41, 5.74) is -0.0213. The Kier molecular flexibility index (Phi) is 4.17. The molecular formula is C12H18N2O5S. The zero-order valence-electron chi connectivity index (χ0n) is 11.4. The van der Waals surface area contributed by atoms with Crippen LogP contribution in [0.3, 0.4) is 0 Å². The summed E-state index contributed by atoms with van der Waals surface area (Å²) in [6.07, 6.45) is 1.38. The summed E-state index contributed by atoms with van der Waals surface area (Å²) in [5, 5.41) is 9.09. The molecule has 1 atom stereocenters. The lowest BCUT2D eigenvalue weighted by molar-refractivity contribution is 0.0393. The molecule has 0 bridgehead atoms. The molecular weight excluding hydrogens is 284 g/mol. The summed E-state index contributed by atoms with van der Waals surface area (Å²) >= 11 is 0. The molecule has 1 aromatic heterocycles. The van der Waals surface area contributed by atoms with Gasteiger partial charge < -0.3 is 14.4 Å². The van der Waals surface area contributed by atoms with Gasteiger partial charge in [-0.15, -0.1) is 0 Å². The Bertz CT molecular complexity index is 607. The van der Waals surface area contributed by atoms with Crippen LogP contribution < -0.4 is 0 Å². The van der Waals surface area contributed by atoms with E-state index >= 15 is 0 Å². The lowest BCUT2D eigenvalue weighted by Crippen LogP contribution is -2.46. The maximum atomic E-state index is 12.6. The maximum absolute atomic E-state index is 12.6. The molecule has 1 unspecified atom stereocenters. The first-order valence-electron chi connectivity index (χ1n) is 6.41. The molecule has 1 saturated heterocycles. The molecule has 1 aliphatic heterocycles. The minimum absolute atomic E-state index is 0.0190. The predicted molar refractivity (Wildman–Crippen MR) is 71.2 cm³/mol. The van der Waals surface area contributed by atoms with E-state index in [0.717, 1.165) is 0 Å². The molecule has 1 aliphatic rings. The van der Waals surface area contributed by atoms with E-state index in [2.05, 4.69) is 0 Å². The number of carboxylic acids is 1. The smallest absolute Gasteiger partial charge is 0.352 e. The van der Waals surface area contributed by atoms with E-state index < -0.39 is 16.0 Å². The molecule has 1 fully saturated rings. The molecule has 0 aliphatic carbocycles. The fourth-order valence-corrected chi connectivity index (χ4v) is 3.91. The minimum Gasteiger partial charge on any atom is -0.477 e. The fraction of sp³-hybridized carbons (Fsp3) is 0.583. The number of aromatic nitrogens is 1. The molecule has 0 aromatic carbocycles. The number of nitrogens with zero attached hydrogens (tertiary/aromatic N) is 2. The first-order chi connectivity index (χ1) is 9.37. The van der Waals surface area contributed by atoms with Crippen LogP contribution >= 0.6 is 0 Å². The third-order valence-electron chi connectivity index (χ3n) is 3.34. The van der Waals surface area contributed by atoms with Crippen molar-refractivity contribution in [1.29, 1.82) is 0 Å². The number of carboxylic acid groups (broad SMARTS) is 1. The van der Waals surface area contributed by atoms with Crippen molar-refractivity contribution < 1.29 is 23.1 Å². The zero-order chi connectivity index (χ0) is 14.9. The van der Waals surface area contributed by atoms with Gasteiger partial charge in [-0.3, -0.25) is 0 Å². The van der Waals surface area contributed by atoms with E-state index in [9.17, 15) is 13.2 Å². The Morgan fingerprint density at radius 1 is 1.55 bits per heavy atom. The molecule has 1 N–H and O–H groups in total. The van der Waals surface area contributed by atoms with Crippen molar-refractivity contribution in [2.75, 3.05) is 19.8 Å². The van der Waals surface area contributed by atoms with Crippen LogP contribution in [-0.4, -0.2) is 54.2 Å². The number of sulfonamides is 1. The van der Waals surface area contributed by atoms with E-state index in [-0.39, 0.29) is 23.2 Å². The Hall–Kier alpha value is -1.38. The highest BCUT2D eigenvalue weighted by Gasteiger charge is 2.33. The third-order valence-corrected chi connectivity index (χ3v) is 5.32. The number of hydrogen-bond donors (Lipinski definition) is 1. The second-order valence-electron chi connectivity index (χ2n) is 4.69. The van der Waals surface area contributed by atoms with Gasteiger partial charge in [0.15, 0.2) is 0 Å². The Balaban J connectivity index is 2.41. The highest BCUT2D eigenvalue weighted by Crippen LogP contribution is 2.22. The average Bonchev–Trinajstić information content (AvgIpc) is 2.84. The van der Waals surface area contributed by atoms with Crippen molar-refractivity contribution in [3.05, 3.63) is 18.0 Å². The summed E-state index contributed by atoms with van der Waals surface area (Å²) in [6, 6.07) is 0.954. The lowest BCUT2D eigenvalue weighted by Gasteiger charge is -2.31. The van der Waals surface area contributed by atoms with Crippen LogP contribution in [0.4, 0.5) is 0 Å². The highest BCUT2D eigenvalue weighted by atomic mass is 32.2. The van der Waals surface area contributed by atoms with Crippen molar-refractivity contribution in [2.45, 2.75) is 31.3 Å². The summed E-state index contributed by atoms with van der Waals surface area (Å²) in [7, 11) is -3.69. The van der Waals surface area contributed by atoms with Crippen LogP contribution in [-0.2, 0) is 21.3 Å². The van der Waals surface area contributed by atoms with Crippen molar-refractivity contribution >= 4 is 16.0 Å². The van der Waals surface area contributed by atoms with Gasteiger partial charge in [0.05, 0.1) is 13.2 Å². The number of aryl methyl sites for hydroxylation is 1. The number of hydrogen-bond acceptors (Lipinski definition) is 4. The van der Waals surface area contributed by atoms with Crippen LogP contribution in [0, 0.1) is 0 Å². The lowest BCUT2D eigenvalue weighted by atomic mass is 10.3. The normalized spacial score (nSPS) is 21.0. The van der Waals surface area contributed by atoms with E-state index in [1.165, 1.54) is 21.1 Å². The van der Waals surface area contributed by atoms with Crippen LogP contribution in [0.25, 0.3) is 0 Å². The molecule has 2 heterocycles. The van der Waals surface area contributed by atoms with Crippen LogP contribution in [0.15, 0.2) is 17.2 Å². The monoisotopic (exact) mass is 302 g/mol. The first kappa shape index (κ1) is 15.0. The van der Waals surface area contributed by atoms with E-state index in [4.69, 9.17) is 9.84 Å². The van der Waals surface area contributed by atoms with Crippen LogP contribution in [0.1, 0.15) is 24.3 Å². The molecule has 0 amide bonds. The molecule has 1 aromatic rings. The van der Waals surface area contributed by atoms with Gasteiger partial charge in [0, 0.05) is 25.3 Å². The quantitative estimate of drug-likeness (QED) is 0.880. The topological polar surface area (TPSA) is 88.8 Å². The highest BCUT2D eigenvalue weighted by molar-refractivity contribution is 7.89. The van der Waals surface area contributed by atoms with Gasteiger partial charge in [-0.2, -0.15) is 4.31 Å². The van der Waals surface area contributed by atoms with E-state index in [1.54, 1.807) is 13.8 Å². The summed E-state index contributed by atoms with van der Waals surface area (Å²) in [6.45, 7) is 4.91. The third kappa shape index (κ3) is 2.58. The molecule has 20 heavy (non-hydrogen) atoms. The van der Waals surface area contributed by atoms with Crippen molar-refractivity contribution in [3.63, 3.8) is 0 Å². The van der Waals surface area contributed by atoms with Crippen molar-refractivity contribution in [3.8, 4) is 0 Å². The molecule has 0 spiro atoms. The average molecular weight is 302 g/mol. The van der Waals surface area contributed by atoms with Crippen LogP contribution in [0.2, 0.25) is 0 Å². The van der Waals surface area contributed by atoms with Gasteiger partial charge in [0.25, 0.3) is 0 Å². The summed E-state index contributed by atoms with van der Waals surface area (Å²) in [4.78, 5) is 11.1. The van der Waals surface area contributed by atoms with E-state index in [0.29, 0.717) is 19.8 Å². The Morgan fingerprint density at radius 2 is 2.25 bits per heavy atom. The second-order valence-corrected chi connectivity index (χ2v) is 6.58. The predicted octanol–water partition coefficient (Wildman–Crippen LogP) is 0.616. The molecule has 0 saturated carbocycles. The molecule has 7 nitrogen and oxygen atoms in total. The number of carbonyl (C=O) groups is 1. The number of ether oxygens (including phenoxy) is 1. The van der Waals surface area contributed by atoms with E-state index in [1.807, 2.05) is 0 Å². The molecule has 112 valence electrons. The van der Waals surface area contributed by atoms with Gasteiger partial charge in [-0.25, -0.2) is 13.2 Å². The standard InChI is InChI=1S/C12H18N2O5S/c1-3-13-7-10(6-11(13)12(15)16)20(17,18)14-4-5-19-8-9(14)2/h6-7,9H,3-5,8H2,1-2H3,(H,15,16). The SMILES string of the molecule is CCn1cc(S(=O)(=O)N2CCOCC2C)cc1C(=O)O. The number of morpholine rings is 1. The Labute approximate surface area is 117 Å². The van der Waals surface area contributed by atoms with Crippen molar-refractivity contribution in [2.24, 2.45) is 0 Å². The largest absolute Gasteiger partial charge is 0.477 e. The maximum Gasteiger partial charge on any atom is 0.352 e. The van der Waals surface area contributed by atoms with Gasteiger partial charge >= 0.3 is 5.97 Å². The Morgan fingerprint density at radius 3 is 2.75 bits per heavy atom. The zero-order valence-corrected chi connectivity index (χ0v) is 12.3. The molecule has 2 rings (SSSR count). The fourth-order valence-electron chi connectivity index (χ4n) is 2.27. The minimum atomic E-state index is -3.69. The van der Waals surface area contributed by atoms with Gasteiger partial charge in [0.1, 0.15) is 10.6 Å².